The van der Waals surface area contributed by atoms with Crippen LogP contribution in [0.1, 0.15) is 27.8 Å². The molecule has 1 heterocycles. The van der Waals surface area contributed by atoms with Gasteiger partial charge >= 0.3 is 0 Å². The van der Waals surface area contributed by atoms with Crippen molar-refractivity contribution in [2.24, 2.45) is 0 Å². The highest BCUT2D eigenvalue weighted by molar-refractivity contribution is 7.89. The summed E-state index contributed by atoms with van der Waals surface area (Å²) in [5, 5.41) is 0. The van der Waals surface area contributed by atoms with Gasteiger partial charge in [-0.2, -0.15) is 0 Å². The minimum Gasteiger partial charge on any atom is -0.374 e. The minimum atomic E-state index is -3.97. The molecule has 0 aliphatic carbocycles. The van der Waals surface area contributed by atoms with Gasteiger partial charge in [0.05, 0.1) is 37.9 Å². The van der Waals surface area contributed by atoms with E-state index in [-0.39, 0.29) is 24.7 Å². The van der Waals surface area contributed by atoms with Crippen molar-refractivity contribution >= 4 is 10.0 Å². The Morgan fingerprint density at radius 2 is 0.980 bits per heavy atom. The fourth-order valence-corrected chi connectivity index (χ4v) is 6.70. The maximum atomic E-state index is 13.4. The first-order valence-corrected chi connectivity index (χ1v) is 18.5. The summed E-state index contributed by atoms with van der Waals surface area (Å²) in [6.07, 6.45) is -3.84. The summed E-state index contributed by atoms with van der Waals surface area (Å²) in [6.45, 7) is 3.18. The van der Waals surface area contributed by atoms with Crippen molar-refractivity contribution < 1.29 is 32.1 Å². The van der Waals surface area contributed by atoms with E-state index in [0.717, 1.165) is 27.8 Å². The van der Waals surface area contributed by atoms with Crippen LogP contribution in [0.4, 0.5) is 0 Å². The molecule has 0 radical (unpaired) electrons. The maximum absolute atomic E-state index is 13.4. The van der Waals surface area contributed by atoms with Crippen LogP contribution in [-0.4, -0.2) is 45.7 Å². The standard InChI is InChI=1S/C41H44N2O7S/c1-31-22-24-36(25-23-31)51(44,45)43-42-41-40(49-29-35-20-12-5-13-21-35)39(48-28-34-18-10-4-11-19-34)38(47-27-33-16-8-3-9-17-33)37(50-41)30-46-26-32-14-6-2-7-15-32/h2-25,37-43H,26-30H2,1H3/t37-,38+,39+,40-,41-/m1/s1. The number of benzene rings is 5. The summed E-state index contributed by atoms with van der Waals surface area (Å²) in [4.78, 5) is 2.66. The third-order valence-corrected chi connectivity index (χ3v) is 9.83. The molecule has 2 N–H and O–H groups in total. The molecule has 1 saturated heterocycles. The minimum absolute atomic E-state index is 0.113. The summed E-state index contributed by atoms with van der Waals surface area (Å²) in [5.74, 6) is 0. The van der Waals surface area contributed by atoms with Crippen molar-refractivity contribution in [1.29, 1.82) is 0 Å². The van der Waals surface area contributed by atoms with E-state index < -0.39 is 40.7 Å². The third-order valence-electron chi connectivity index (χ3n) is 8.55. The van der Waals surface area contributed by atoms with Crippen molar-refractivity contribution in [2.45, 2.75) is 68.9 Å². The molecule has 1 fully saturated rings. The molecule has 0 spiro atoms. The smallest absolute Gasteiger partial charge is 0.253 e. The van der Waals surface area contributed by atoms with Crippen molar-refractivity contribution in [2.75, 3.05) is 6.61 Å². The van der Waals surface area contributed by atoms with E-state index in [1.54, 1.807) is 24.3 Å². The molecule has 0 bridgehead atoms. The predicted octanol–water partition coefficient (Wildman–Crippen LogP) is 6.48. The summed E-state index contributed by atoms with van der Waals surface area (Å²) in [7, 11) is -3.97. The average molecular weight is 709 g/mol. The number of ether oxygens (including phenoxy) is 5. The van der Waals surface area contributed by atoms with Crippen LogP contribution in [0, 0.1) is 6.92 Å². The van der Waals surface area contributed by atoms with E-state index in [9.17, 15) is 8.42 Å². The molecule has 51 heavy (non-hydrogen) atoms. The zero-order chi connectivity index (χ0) is 35.3. The predicted molar refractivity (Wildman–Crippen MR) is 194 cm³/mol. The topological polar surface area (TPSA) is 104 Å². The van der Waals surface area contributed by atoms with Gasteiger partial charge in [0.2, 0.25) is 0 Å². The molecule has 5 aromatic carbocycles. The van der Waals surface area contributed by atoms with Crippen LogP contribution < -0.4 is 10.3 Å². The molecule has 1 aliphatic rings. The van der Waals surface area contributed by atoms with Crippen LogP contribution in [0.2, 0.25) is 0 Å². The molecule has 0 aromatic heterocycles. The number of hydrazine groups is 1. The van der Waals surface area contributed by atoms with Gasteiger partial charge in [-0.05, 0) is 41.3 Å². The Hall–Kier alpha value is -4.23. The molecular formula is C41H44N2O7S. The monoisotopic (exact) mass is 708 g/mol. The molecule has 266 valence electrons. The first-order valence-electron chi connectivity index (χ1n) is 17.0. The van der Waals surface area contributed by atoms with E-state index in [1.807, 2.05) is 128 Å². The zero-order valence-electron chi connectivity index (χ0n) is 28.5. The summed E-state index contributed by atoms with van der Waals surface area (Å²) >= 11 is 0. The highest BCUT2D eigenvalue weighted by Gasteiger charge is 2.49. The maximum Gasteiger partial charge on any atom is 0.253 e. The Labute approximate surface area is 300 Å². The Morgan fingerprint density at radius 1 is 0.549 bits per heavy atom. The molecule has 10 heteroatoms. The molecule has 9 nitrogen and oxygen atoms in total. The second-order valence-corrected chi connectivity index (χ2v) is 14.1. The summed E-state index contributed by atoms with van der Waals surface area (Å²) in [5.41, 5.74) is 7.79. The van der Waals surface area contributed by atoms with Gasteiger partial charge in [-0.25, -0.2) is 13.8 Å². The van der Waals surface area contributed by atoms with Gasteiger partial charge in [0.1, 0.15) is 24.4 Å². The van der Waals surface area contributed by atoms with Crippen molar-refractivity contribution in [1.82, 2.24) is 10.3 Å². The van der Waals surface area contributed by atoms with Crippen LogP contribution >= 0.6 is 0 Å². The van der Waals surface area contributed by atoms with Gasteiger partial charge in [-0.1, -0.05) is 139 Å². The first kappa shape index (κ1) is 36.6. The van der Waals surface area contributed by atoms with Crippen LogP contribution in [0.25, 0.3) is 0 Å². The Morgan fingerprint density at radius 3 is 1.47 bits per heavy atom. The number of hydrogen-bond acceptors (Lipinski definition) is 8. The highest BCUT2D eigenvalue weighted by Crippen LogP contribution is 2.30. The number of rotatable bonds is 17. The van der Waals surface area contributed by atoms with Gasteiger partial charge < -0.3 is 23.7 Å². The van der Waals surface area contributed by atoms with Gasteiger partial charge in [-0.3, -0.25) is 0 Å². The molecule has 0 unspecified atom stereocenters. The lowest BCUT2D eigenvalue weighted by molar-refractivity contribution is -0.279. The molecular weight excluding hydrogens is 665 g/mol. The number of hydrogen-bond donors (Lipinski definition) is 2. The first-order chi connectivity index (χ1) is 24.9. The zero-order valence-corrected chi connectivity index (χ0v) is 29.4. The Bertz CT molecular complexity index is 1850. The van der Waals surface area contributed by atoms with Crippen LogP contribution in [-0.2, 0) is 60.1 Å². The van der Waals surface area contributed by atoms with Crippen LogP contribution in [0.3, 0.4) is 0 Å². The third kappa shape index (κ3) is 10.6. The number of aryl methyl sites for hydroxylation is 1. The molecule has 0 amide bonds. The van der Waals surface area contributed by atoms with E-state index >= 15 is 0 Å². The largest absolute Gasteiger partial charge is 0.374 e. The van der Waals surface area contributed by atoms with E-state index in [2.05, 4.69) is 10.3 Å². The number of nitrogens with one attached hydrogen (secondary N) is 2. The average Bonchev–Trinajstić information content (AvgIpc) is 3.17. The summed E-state index contributed by atoms with van der Waals surface area (Å²) in [6, 6.07) is 46.0. The van der Waals surface area contributed by atoms with E-state index in [0.29, 0.717) is 13.2 Å². The lowest BCUT2D eigenvalue weighted by Crippen LogP contribution is -2.66. The number of sulfonamides is 1. The quantitative estimate of drug-likeness (QED) is 0.106. The lowest BCUT2D eigenvalue weighted by Gasteiger charge is -2.46. The van der Waals surface area contributed by atoms with Crippen LogP contribution in [0.5, 0.6) is 0 Å². The van der Waals surface area contributed by atoms with Crippen LogP contribution in [0.15, 0.2) is 150 Å². The van der Waals surface area contributed by atoms with Gasteiger partial charge in [0, 0.05) is 0 Å². The Balaban J connectivity index is 1.31. The van der Waals surface area contributed by atoms with E-state index in [4.69, 9.17) is 23.7 Å². The van der Waals surface area contributed by atoms with Gasteiger partial charge in [-0.15, -0.1) is 4.83 Å². The van der Waals surface area contributed by atoms with E-state index in [1.165, 1.54) is 0 Å². The fourth-order valence-electron chi connectivity index (χ4n) is 5.82. The lowest BCUT2D eigenvalue weighted by atomic mass is 9.97. The molecule has 0 saturated carbocycles. The molecule has 6 rings (SSSR count). The fraction of sp³-hybridized carbons (Fsp3) is 0.268. The molecule has 5 atom stereocenters. The molecule has 1 aliphatic heterocycles. The Kier molecular flexibility index (Phi) is 13.1. The van der Waals surface area contributed by atoms with Crippen molar-refractivity contribution in [3.63, 3.8) is 0 Å². The van der Waals surface area contributed by atoms with Crippen molar-refractivity contribution in [3.05, 3.63) is 173 Å². The highest BCUT2D eigenvalue weighted by atomic mass is 32.2. The van der Waals surface area contributed by atoms with Gasteiger partial charge in [0.25, 0.3) is 10.0 Å². The van der Waals surface area contributed by atoms with Crippen molar-refractivity contribution in [3.8, 4) is 0 Å². The SMILES string of the molecule is Cc1ccc(S(=O)(=O)NN[C@@H]2O[C@H](COCc3ccccc3)[C@H](OCc3ccccc3)[C@H](OCc3ccccc3)[C@H]2OCc2ccccc2)cc1. The second kappa shape index (κ2) is 18.3. The summed E-state index contributed by atoms with van der Waals surface area (Å²) < 4.78 is 59.8. The van der Waals surface area contributed by atoms with Gasteiger partial charge in [0.15, 0.2) is 6.23 Å². The molecule has 5 aromatic rings. The second-order valence-electron chi connectivity index (χ2n) is 12.4. The normalized spacial score (nSPS) is 20.6.